The van der Waals surface area contributed by atoms with Crippen LogP contribution in [0, 0.1) is 19.3 Å². The third-order valence-electron chi connectivity index (χ3n) is 5.06. The predicted molar refractivity (Wildman–Crippen MR) is 134 cm³/mol. The highest BCUT2D eigenvalue weighted by Gasteiger charge is 2.19. The minimum atomic E-state index is -3.89. The van der Waals surface area contributed by atoms with Crippen molar-refractivity contribution in [3.05, 3.63) is 82.7 Å². The number of amides is 1. The fourth-order valence-electron chi connectivity index (χ4n) is 3.41. The van der Waals surface area contributed by atoms with Gasteiger partial charge in [0.25, 0.3) is 15.9 Å². The zero-order chi connectivity index (χ0) is 24.3. The SMILES string of the molecule is C#CCn1c(=NC(=O)c2ccccc2NS(=O)(=O)c2ccc(C)cc2)sc2cccc(OC)c21. The van der Waals surface area contributed by atoms with Crippen molar-refractivity contribution >= 4 is 43.2 Å². The van der Waals surface area contributed by atoms with Gasteiger partial charge in [-0.1, -0.05) is 53.2 Å². The summed E-state index contributed by atoms with van der Waals surface area (Å²) in [5.41, 5.74) is 1.94. The number of anilines is 1. The fraction of sp³-hybridized carbons (Fsp3) is 0.120. The van der Waals surface area contributed by atoms with E-state index in [-0.39, 0.29) is 22.7 Å². The molecule has 9 heteroatoms. The van der Waals surface area contributed by atoms with Crippen LogP contribution >= 0.6 is 11.3 Å². The van der Waals surface area contributed by atoms with E-state index in [1.54, 1.807) is 35.9 Å². The van der Waals surface area contributed by atoms with Crippen LogP contribution in [0.5, 0.6) is 5.75 Å². The molecule has 0 spiro atoms. The van der Waals surface area contributed by atoms with E-state index in [9.17, 15) is 13.2 Å². The number of carbonyl (C=O) groups excluding carboxylic acids is 1. The second-order valence-corrected chi connectivity index (χ2v) is 10.1. The van der Waals surface area contributed by atoms with Crippen LogP contribution in [0.3, 0.4) is 0 Å². The maximum Gasteiger partial charge on any atom is 0.281 e. The molecule has 3 aromatic carbocycles. The molecule has 0 bridgehead atoms. The van der Waals surface area contributed by atoms with E-state index >= 15 is 0 Å². The number of terminal acetylenes is 1. The topological polar surface area (TPSA) is 89.8 Å². The van der Waals surface area contributed by atoms with E-state index in [4.69, 9.17) is 11.2 Å². The summed E-state index contributed by atoms with van der Waals surface area (Å²) in [6.07, 6.45) is 5.56. The number of hydrogen-bond acceptors (Lipinski definition) is 5. The lowest BCUT2D eigenvalue weighted by molar-refractivity contribution is 0.0998. The number of nitrogens with one attached hydrogen (secondary N) is 1. The number of benzene rings is 3. The van der Waals surface area contributed by atoms with Crippen LogP contribution in [-0.4, -0.2) is 26.0 Å². The number of fused-ring (bicyclic) bond motifs is 1. The first-order valence-electron chi connectivity index (χ1n) is 10.2. The van der Waals surface area contributed by atoms with Gasteiger partial charge in [0.1, 0.15) is 11.3 Å². The smallest absolute Gasteiger partial charge is 0.281 e. The van der Waals surface area contributed by atoms with Gasteiger partial charge in [0.2, 0.25) is 0 Å². The highest BCUT2D eigenvalue weighted by molar-refractivity contribution is 7.92. The maximum absolute atomic E-state index is 13.2. The number of thiazole rings is 1. The molecule has 0 radical (unpaired) electrons. The summed E-state index contributed by atoms with van der Waals surface area (Å²) in [6.45, 7) is 2.06. The van der Waals surface area contributed by atoms with E-state index in [1.165, 1.54) is 35.6 Å². The predicted octanol–water partition coefficient (Wildman–Crippen LogP) is 4.19. The molecule has 0 unspecified atom stereocenters. The van der Waals surface area contributed by atoms with E-state index < -0.39 is 15.9 Å². The van der Waals surface area contributed by atoms with Crippen molar-refractivity contribution in [3.8, 4) is 18.1 Å². The number of para-hydroxylation sites is 2. The lowest BCUT2D eigenvalue weighted by Crippen LogP contribution is -2.18. The largest absolute Gasteiger partial charge is 0.495 e. The zero-order valence-corrected chi connectivity index (χ0v) is 20.1. The summed E-state index contributed by atoms with van der Waals surface area (Å²) in [4.78, 5) is 18.0. The first kappa shape index (κ1) is 23.3. The Labute approximate surface area is 201 Å². The first-order chi connectivity index (χ1) is 16.3. The van der Waals surface area contributed by atoms with Crippen molar-refractivity contribution in [2.24, 2.45) is 4.99 Å². The molecule has 1 amide bonds. The van der Waals surface area contributed by atoms with Gasteiger partial charge < -0.3 is 9.30 Å². The number of aromatic nitrogens is 1. The van der Waals surface area contributed by atoms with E-state index in [0.29, 0.717) is 10.6 Å². The Morgan fingerprint density at radius 1 is 1.12 bits per heavy atom. The molecule has 34 heavy (non-hydrogen) atoms. The molecular formula is C25H21N3O4S2. The van der Waals surface area contributed by atoms with Gasteiger partial charge >= 0.3 is 0 Å². The van der Waals surface area contributed by atoms with Crippen molar-refractivity contribution in [1.82, 2.24) is 4.57 Å². The number of methoxy groups -OCH3 is 1. The number of hydrogen-bond donors (Lipinski definition) is 1. The first-order valence-corrected chi connectivity index (χ1v) is 12.5. The second kappa shape index (κ2) is 9.55. The molecule has 0 aliphatic rings. The normalized spacial score (nSPS) is 11.9. The lowest BCUT2D eigenvalue weighted by Gasteiger charge is -2.11. The Morgan fingerprint density at radius 3 is 2.56 bits per heavy atom. The standard InChI is InChI=1S/C25H21N3O4S2/c1-4-16-28-23-21(32-3)10-7-11-22(23)33-25(28)26-24(29)19-8-5-6-9-20(19)27-34(30,31)18-14-12-17(2)13-15-18/h1,5-15,27H,16H2,2-3H3. The monoisotopic (exact) mass is 491 g/mol. The molecular weight excluding hydrogens is 470 g/mol. The van der Waals surface area contributed by atoms with Gasteiger partial charge in [0, 0.05) is 0 Å². The van der Waals surface area contributed by atoms with Crippen LogP contribution in [0.25, 0.3) is 10.2 Å². The van der Waals surface area contributed by atoms with Crippen LogP contribution < -0.4 is 14.3 Å². The lowest BCUT2D eigenvalue weighted by atomic mass is 10.2. The number of ether oxygens (including phenoxy) is 1. The molecule has 1 aromatic heterocycles. The molecule has 0 saturated carbocycles. The number of carbonyl (C=O) groups is 1. The summed E-state index contributed by atoms with van der Waals surface area (Å²) in [5.74, 6) is 2.60. The van der Waals surface area contributed by atoms with Crippen LogP contribution in [-0.2, 0) is 16.6 Å². The molecule has 0 aliphatic heterocycles. The number of rotatable bonds is 6. The summed E-state index contributed by atoms with van der Waals surface area (Å²) in [7, 11) is -2.33. The molecule has 7 nitrogen and oxygen atoms in total. The number of nitrogens with zero attached hydrogens (tertiary/aromatic N) is 2. The molecule has 0 saturated heterocycles. The second-order valence-electron chi connectivity index (χ2n) is 7.36. The van der Waals surface area contributed by atoms with Gasteiger partial charge in [-0.25, -0.2) is 8.42 Å². The fourth-order valence-corrected chi connectivity index (χ4v) is 5.54. The Kier molecular flexibility index (Phi) is 6.54. The van der Waals surface area contributed by atoms with Gasteiger partial charge in [0.05, 0.1) is 34.5 Å². The molecule has 172 valence electrons. The molecule has 1 heterocycles. The van der Waals surface area contributed by atoms with Gasteiger partial charge in [-0.2, -0.15) is 4.99 Å². The Bertz CT molecular complexity index is 1590. The van der Waals surface area contributed by atoms with Crippen molar-refractivity contribution in [3.63, 3.8) is 0 Å². The number of sulfonamides is 1. The molecule has 1 N–H and O–H groups in total. The van der Waals surface area contributed by atoms with Crippen LogP contribution in [0.15, 0.2) is 76.6 Å². The quantitative estimate of drug-likeness (QED) is 0.410. The summed E-state index contributed by atoms with van der Waals surface area (Å²) in [6, 6.07) is 18.3. The highest BCUT2D eigenvalue weighted by atomic mass is 32.2. The summed E-state index contributed by atoms with van der Waals surface area (Å²) < 4.78 is 36.3. The molecule has 0 atom stereocenters. The van der Waals surface area contributed by atoms with Crippen molar-refractivity contribution < 1.29 is 17.9 Å². The van der Waals surface area contributed by atoms with Crippen molar-refractivity contribution in [1.29, 1.82) is 0 Å². The minimum absolute atomic E-state index is 0.0979. The molecule has 4 rings (SSSR count). The Balaban J connectivity index is 1.77. The third kappa shape index (κ3) is 4.59. The van der Waals surface area contributed by atoms with Crippen LogP contribution in [0.2, 0.25) is 0 Å². The van der Waals surface area contributed by atoms with E-state index in [0.717, 1.165) is 15.8 Å². The average Bonchev–Trinajstić information content (AvgIpc) is 3.16. The average molecular weight is 492 g/mol. The molecule has 0 fully saturated rings. The Morgan fingerprint density at radius 2 is 1.85 bits per heavy atom. The van der Waals surface area contributed by atoms with Gasteiger partial charge in [0.15, 0.2) is 4.80 Å². The van der Waals surface area contributed by atoms with E-state index in [1.807, 2.05) is 25.1 Å². The van der Waals surface area contributed by atoms with Crippen molar-refractivity contribution in [2.45, 2.75) is 18.4 Å². The summed E-state index contributed by atoms with van der Waals surface area (Å²) in [5, 5.41) is 0. The van der Waals surface area contributed by atoms with Crippen LogP contribution in [0.1, 0.15) is 15.9 Å². The minimum Gasteiger partial charge on any atom is -0.495 e. The van der Waals surface area contributed by atoms with Crippen LogP contribution in [0.4, 0.5) is 5.69 Å². The number of aryl methyl sites for hydroxylation is 1. The molecule has 4 aromatic rings. The molecule has 0 aliphatic carbocycles. The van der Waals surface area contributed by atoms with E-state index in [2.05, 4.69) is 15.6 Å². The maximum atomic E-state index is 13.2. The van der Waals surface area contributed by atoms with Gasteiger partial charge in [-0.15, -0.1) is 6.42 Å². The Hall–Kier alpha value is -3.87. The van der Waals surface area contributed by atoms with Gasteiger partial charge in [-0.3, -0.25) is 9.52 Å². The highest BCUT2D eigenvalue weighted by Crippen LogP contribution is 2.27. The van der Waals surface area contributed by atoms with Crippen molar-refractivity contribution in [2.75, 3.05) is 11.8 Å². The summed E-state index contributed by atoms with van der Waals surface area (Å²) >= 11 is 1.29. The zero-order valence-electron chi connectivity index (χ0n) is 18.5. The third-order valence-corrected chi connectivity index (χ3v) is 7.49. The van der Waals surface area contributed by atoms with Gasteiger partial charge in [-0.05, 0) is 43.3 Å².